The zero-order valence-electron chi connectivity index (χ0n) is 21.3. The molecule has 0 aliphatic rings. The maximum Gasteiger partial charge on any atom is 0.142 e. The Morgan fingerprint density at radius 3 is 2.61 bits per heavy atom. The Labute approximate surface area is 211 Å². The van der Waals surface area contributed by atoms with E-state index in [2.05, 4.69) is 20.7 Å². The summed E-state index contributed by atoms with van der Waals surface area (Å²) in [6.07, 6.45) is 6.73. The lowest BCUT2D eigenvalue weighted by molar-refractivity contribution is 0.0836. The molecular weight excluding hydrogens is 452 g/mol. The van der Waals surface area contributed by atoms with Crippen molar-refractivity contribution in [2.75, 3.05) is 19.0 Å². The molecule has 0 saturated carbocycles. The molecule has 2 aromatic heterocycles. The molecule has 0 aliphatic carbocycles. The molecule has 0 amide bonds. The third-order valence-corrected chi connectivity index (χ3v) is 6.01. The third kappa shape index (κ3) is 5.55. The van der Waals surface area contributed by atoms with E-state index in [1.165, 1.54) is 6.21 Å². The first kappa shape index (κ1) is 24.9. The Morgan fingerprint density at radius 1 is 1.14 bits per heavy atom. The van der Waals surface area contributed by atoms with Crippen molar-refractivity contribution in [3.8, 4) is 16.9 Å². The number of aromatic nitrogens is 3. The molecule has 186 valence electrons. The maximum atomic E-state index is 9.91. The van der Waals surface area contributed by atoms with E-state index in [-0.39, 0.29) is 0 Å². The highest BCUT2D eigenvalue weighted by Gasteiger charge is 2.12. The van der Waals surface area contributed by atoms with Crippen LogP contribution in [0, 0.1) is 12.3 Å². The fourth-order valence-electron chi connectivity index (χ4n) is 3.89. The topological polar surface area (TPSA) is 108 Å². The van der Waals surface area contributed by atoms with E-state index in [0.29, 0.717) is 18.1 Å². The molecular formula is C28H32N6O2. The number of allylic oxidation sites excluding steroid dienone is 1. The monoisotopic (exact) mass is 484 g/mol. The van der Waals surface area contributed by atoms with Gasteiger partial charge in [-0.05, 0) is 61.5 Å². The zero-order chi connectivity index (χ0) is 25.9. The first-order valence-electron chi connectivity index (χ1n) is 11.7. The van der Waals surface area contributed by atoms with Crippen molar-refractivity contribution < 1.29 is 9.84 Å². The number of anilines is 2. The van der Waals surface area contributed by atoms with Gasteiger partial charge in [0.1, 0.15) is 11.6 Å². The predicted molar refractivity (Wildman–Crippen MR) is 146 cm³/mol. The zero-order valence-corrected chi connectivity index (χ0v) is 21.3. The second-order valence-corrected chi connectivity index (χ2v) is 9.38. The summed E-state index contributed by atoms with van der Waals surface area (Å²) in [6.45, 7) is 5.89. The Balaban J connectivity index is 1.60. The van der Waals surface area contributed by atoms with Gasteiger partial charge in [-0.25, -0.2) is 4.98 Å². The van der Waals surface area contributed by atoms with Crippen LogP contribution in [0.25, 0.3) is 27.5 Å². The molecule has 8 nitrogen and oxygen atoms in total. The van der Waals surface area contributed by atoms with Gasteiger partial charge in [-0.3, -0.25) is 4.68 Å². The van der Waals surface area contributed by atoms with Gasteiger partial charge in [0.15, 0.2) is 0 Å². The van der Waals surface area contributed by atoms with Crippen LogP contribution in [0.15, 0.2) is 61.1 Å². The molecule has 4 N–H and O–H groups in total. The van der Waals surface area contributed by atoms with E-state index < -0.39 is 5.60 Å². The van der Waals surface area contributed by atoms with Crippen LogP contribution >= 0.6 is 0 Å². The van der Waals surface area contributed by atoms with Gasteiger partial charge in [-0.2, -0.15) is 5.10 Å². The van der Waals surface area contributed by atoms with Gasteiger partial charge in [0.25, 0.3) is 0 Å². The van der Waals surface area contributed by atoms with E-state index in [0.717, 1.165) is 44.4 Å². The predicted octanol–water partition coefficient (Wildman–Crippen LogP) is 5.05. The van der Waals surface area contributed by atoms with Gasteiger partial charge in [-0.1, -0.05) is 18.2 Å². The van der Waals surface area contributed by atoms with Gasteiger partial charge in [0, 0.05) is 54.4 Å². The number of nitrogens with zero attached hydrogens (tertiary/aromatic N) is 3. The minimum atomic E-state index is -0.838. The summed E-state index contributed by atoms with van der Waals surface area (Å²) in [5, 5.41) is 30.5. The summed E-state index contributed by atoms with van der Waals surface area (Å²) in [7, 11) is 3.58. The van der Waals surface area contributed by atoms with E-state index >= 15 is 0 Å². The number of hydrogen-bond donors (Lipinski definition) is 4. The van der Waals surface area contributed by atoms with E-state index in [9.17, 15) is 5.11 Å². The molecule has 0 saturated heterocycles. The molecule has 36 heavy (non-hydrogen) atoms. The van der Waals surface area contributed by atoms with Gasteiger partial charge < -0.3 is 25.9 Å². The molecule has 0 bridgehead atoms. The van der Waals surface area contributed by atoms with E-state index in [1.54, 1.807) is 27.2 Å². The summed E-state index contributed by atoms with van der Waals surface area (Å²) in [5.74, 6) is 1.39. The quantitative estimate of drug-likeness (QED) is 0.248. The molecule has 2 aromatic carbocycles. The largest absolute Gasteiger partial charge is 0.495 e. The van der Waals surface area contributed by atoms with Crippen LogP contribution in [0.4, 0.5) is 11.5 Å². The number of aliphatic hydroxyl groups is 1. The fourth-order valence-corrected chi connectivity index (χ4v) is 3.89. The van der Waals surface area contributed by atoms with Crippen LogP contribution < -0.4 is 15.4 Å². The summed E-state index contributed by atoms with van der Waals surface area (Å²) in [5.41, 5.74) is 4.76. The standard InChI is InChI=1S/C28H32N6O2/c1-18-24(16-32-34(18)4)20-8-9-25(26(11-20)36-5)33-27-12-22-10-19(6-7-21(22)15-31-27)23(13-29)14-30-17-28(2,3)35/h6-16,29-30,35H,17H2,1-5H3,(H,31,33)/b23-14+,29-13?. The van der Waals surface area contributed by atoms with Crippen molar-refractivity contribution in [2.24, 2.45) is 7.05 Å². The fraction of sp³-hybridized carbons (Fsp3) is 0.250. The first-order valence-corrected chi connectivity index (χ1v) is 11.7. The molecule has 0 unspecified atom stereocenters. The van der Waals surface area contributed by atoms with Crippen LogP contribution in [0.5, 0.6) is 5.75 Å². The highest BCUT2D eigenvalue weighted by Crippen LogP contribution is 2.34. The second-order valence-electron chi connectivity index (χ2n) is 9.38. The number of fused-ring (bicyclic) bond motifs is 1. The van der Waals surface area contributed by atoms with Crippen molar-refractivity contribution >= 4 is 34.1 Å². The number of ether oxygens (including phenoxy) is 1. The van der Waals surface area contributed by atoms with Crippen molar-refractivity contribution in [3.05, 3.63) is 72.3 Å². The summed E-state index contributed by atoms with van der Waals surface area (Å²) >= 11 is 0. The normalized spacial score (nSPS) is 12.0. The lowest BCUT2D eigenvalue weighted by Crippen LogP contribution is -2.32. The number of methoxy groups -OCH3 is 1. The van der Waals surface area contributed by atoms with Crippen LogP contribution in [0.1, 0.15) is 25.1 Å². The van der Waals surface area contributed by atoms with Crippen LogP contribution in [-0.4, -0.2) is 45.3 Å². The van der Waals surface area contributed by atoms with Crippen molar-refractivity contribution in [2.45, 2.75) is 26.4 Å². The SMILES string of the molecule is COc1cc(-c2cnn(C)c2C)ccc1Nc1cc2cc(/C(C=N)=C/NCC(C)(C)O)ccc2cn1. The molecule has 0 aliphatic heterocycles. The molecule has 0 radical (unpaired) electrons. The average molecular weight is 485 g/mol. The van der Waals surface area contributed by atoms with Crippen molar-refractivity contribution in [3.63, 3.8) is 0 Å². The number of hydrogen-bond acceptors (Lipinski definition) is 7. The maximum absolute atomic E-state index is 9.91. The summed E-state index contributed by atoms with van der Waals surface area (Å²) < 4.78 is 7.52. The highest BCUT2D eigenvalue weighted by molar-refractivity contribution is 6.09. The van der Waals surface area contributed by atoms with Crippen LogP contribution in [0.3, 0.4) is 0 Å². The number of aryl methyl sites for hydroxylation is 1. The number of rotatable bonds is 9. The van der Waals surface area contributed by atoms with E-state index in [4.69, 9.17) is 10.1 Å². The summed E-state index contributed by atoms with van der Waals surface area (Å²) in [6, 6.07) is 14.0. The minimum absolute atomic E-state index is 0.386. The molecule has 0 fully saturated rings. The van der Waals surface area contributed by atoms with Gasteiger partial charge >= 0.3 is 0 Å². The second kappa shape index (κ2) is 10.2. The van der Waals surface area contributed by atoms with Gasteiger partial charge in [0.05, 0.1) is 24.6 Å². The first-order chi connectivity index (χ1) is 17.2. The molecule has 0 atom stereocenters. The van der Waals surface area contributed by atoms with Crippen LogP contribution in [0.2, 0.25) is 0 Å². The number of pyridine rings is 1. The average Bonchev–Trinajstić information content (AvgIpc) is 3.19. The Bertz CT molecular complexity index is 1430. The number of benzene rings is 2. The van der Waals surface area contributed by atoms with Crippen molar-refractivity contribution in [1.82, 2.24) is 20.1 Å². The molecule has 0 spiro atoms. The minimum Gasteiger partial charge on any atom is -0.495 e. The molecule has 2 heterocycles. The lowest BCUT2D eigenvalue weighted by Gasteiger charge is -2.17. The summed E-state index contributed by atoms with van der Waals surface area (Å²) in [4.78, 5) is 4.57. The Morgan fingerprint density at radius 2 is 1.94 bits per heavy atom. The molecule has 4 aromatic rings. The Hall–Kier alpha value is -4.17. The van der Waals surface area contributed by atoms with E-state index in [1.807, 2.05) is 73.5 Å². The van der Waals surface area contributed by atoms with Crippen molar-refractivity contribution in [1.29, 1.82) is 5.41 Å². The molecule has 4 rings (SSSR count). The highest BCUT2D eigenvalue weighted by atomic mass is 16.5. The third-order valence-electron chi connectivity index (χ3n) is 6.01. The van der Waals surface area contributed by atoms with Gasteiger partial charge in [-0.15, -0.1) is 0 Å². The smallest absolute Gasteiger partial charge is 0.142 e. The Kier molecular flexibility index (Phi) is 7.07. The van der Waals surface area contributed by atoms with Gasteiger partial charge in [0.2, 0.25) is 0 Å². The number of nitrogens with one attached hydrogen (secondary N) is 3. The van der Waals surface area contributed by atoms with Crippen LogP contribution in [-0.2, 0) is 7.05 Å². The lowest BCUT2D eigenvalue weighted by atomic mass is 10.0. The molecule has 8 heteroatoms.